The molecule has 0 aromatic heterocycles. The van der Waals surface area contributed by atoms with Gasteiger partial charge in [-0.2, -0.15) is 0 Å². The fraction of sp³-hybridized carbons (Fsp3) is 0. The fourth-order valence-corrected chi connectivity index (χ4v) is 0. The molecular formula is CH7InO4. The van der Waals surface area contributed by atoms with Crippen LogP contribution in [0.1, 0.15) is 0 Å². The van der Waals surface area contributed by atoms with E-state index in [9.17, 15) is 0 Å². The van der Waals surface area contributed by atoms with E-state index in [1.54, 1.807) is 0 Å². The molecule has 0 aromatic carbocycles. The molecule has 0 rings (SSSR count). The zero-order valence-corrected chi connectivity index (χ0v) is 2.30. The summed E-state index contributed by atoms with van der Waals surface area (Å²) in [5, 5.41) is 13.9. The van der Waals surface area contributed by atoms with Crippen LogP contribution in [0.3, 0.4) is 0 Å². The Bertz CT molecular complexity index is 30.5. The van der Waals surface area contributed by atoms with Gasteiger partial charge in [-0.15, -0.1) is 0 Å². The molecule has 0 amide bonds. The molecule has 0 aromatic rings. The molecule has 0 atom stereocenters. The first-order chi connectivity index (χ1) is 1.73. The Labute approximate surface area is 52.9 Å². The van der Waals surface area contributed by atoms with E-state index in [-0.39, 0.29) is 31.3 Å². The predicted octanol–water partition coefficient (Wildman–Crippen LogP) is -1.79. The fourth-order valence-electron chi connectivity index (χ4n) is 0. The molecule has 0 fully saturated rings. The van der Waals surface area contributed by atoms with Crippen molar-refractivity contribution < 1.29 is 20.5 Å². The van der Waals surface area contributed by atoms with Gasteiger partial charge in [-0.1, -0.05) is 0 Å². The number of hydrogen-bond acceptors (Lipinski definition) is 1. The van der Waals surface area contributed by atoms with Crippen LogP contribution in [0.15, 0.2) is 0 Å². The van der Waals surface area contributed by atoms with Crippen LogP contribution in [-0.2, 0) is 0 Å². The Balaban J connectivity index is -0.0000000450. The van der Waals surface area contributed by atoms with E-state index in [2.05, 4.69) is 0 Å². The van der Waals surface area contributed by atoms with Gasteiger partial charge < -0.3 is 15.7 Å². The SMILES string of the molecule is O.O=C(O)O.[InH3]. The van der Waals surface area contributed by atoms with Gasteiger partial charge in [-0.3, -0.25) is 0 Å². The van der Waals surface area contributed by atoms with E-state index in [4.69, 9.17) is 15.0 Å². The second-order valence-electron chi connectivity index (χ2n) is 0.283. The van der Waals surface area contributed by atoms with E-state index < -0.39 is 6.16 Å². The molecule has 0 aliphatic heterocycles. The summed E-state index contributed by atoms with van der Waals surface area (Å²) < 4.78 is 0. The van der Waals surface area contributed by atoms with Crippen molar-refractivity contribution >= 4 is 32.0 Å². The maximum absolute atomic E-state index is 8.56. The number of carbonyl (C=O) groups is 1. The van der Waals surface area contributed by atoms with E-state index in [1.807, 2.05) is 0 Å². The molecule has 0 aliphatic carbocycles. The van der Waals surface area contributed by atoms with Crippen LogP contribution in [0.4, 0.5) is 4.79 Å². The number of carboxylic acid groups (broad SMARTS) is 2. The minimum absolute atomic E-state index is 0. The summed E-state index contributed by atoms with van der Waals surface area (Å²) in [5.74, 6) is 0. The third-order valence-corrected chi connectivity index (χ3v) is 0. The number of hydrogen-bond donors (Lipinski definition) is 2. The molecule has 0 bridgehead atoms. The topological polar surface area (TPSA) is 89.0 Å². The second kappa shape index (κ2) is 8.92. The maximum atomic E-state index is 8.56. The van der Waals surface area contributed by atoms with Crippen molar-refractivity contribution in [2.75, 3.05) is 0 Å². The molecule has 6 heavy (non-hydrogen) atoms. The summed E-state index contributed by atoms with van der Waals surface area (Å²) in [5.41, 5.74) is 0. The Kier molecular flexibility index (Phi) is 24.5. The predicted molar refractivity (Wildman–Crippen MR) is 24.2 cm³/mol. The van der Waals surface area contributed by atoms with Crippen LogP contribution in [0, 0.1) is 0 Å². The van der Waals surface area contributed by atoms with E-state index in [1.165, 1.54) is 0 Å². The van der Waals surface area contributed by atoms with Crippen molar-refractivity contribution in [2.24, 2.45) is 0 Å². The summed E-state index contributed by atoms with van der Waals surface area (Å²) >= 11 is 0. The zero-order chi connectivity index (χ0) is 3.58. The van der Waals surface area contributed by atoms with Crippen molar-refractivity contribution in [2.45, 2.75) is 0 Å². The molecule has 0 spiro atoms. The van der Waals surface area contributed by atoms with E-state index in [0.717, 1.165) is 0 Å². The van der Waals surface area contributed by atoms with Crippen LogP contribution in [0.25, 0.3) is 0 Å². The van der Waals surface area contributed by atoms with Gasteiger partial charge in [0.15, 0.2) is 0 Å². The van der Waals surface area contributed by atoms with Crippen molar-refractivity contribution in [3.63, 3.8) is 0 Å². The molecule has 38 valence electrons. The van der Waals surface area contributed by atoms with Crippen molar-refractivity contribution in [3.8, 4) is 0 Å². The third kappa shape index (κ3) is 3930. The van der Waals surface area contributed by atoms with Crippen LogP contribution < -0.4 is 0 Å². The molecule has 0 aliphatic rings. The quantitative estimate of drug-likeness (QED) is 0.481. The zero-order valence-electron chi connectivity index (χ0n) is 2.30. The molecule has 0 saturated heterocycles. The number of rotatable bonds is 0. The minimum atomic E-state index is -1.83. The van der Waals surface area contributed by atoms with Crippen molar-refractivity contribution in [3.05, 3.63) is 0 Å². The first-order valence-electron chi connectivity index (χ1n) is 0.651. The molecule has 0 radical (unpaired) electrons. The molecular weight excluding hydrogens is 191 g/mol. The molecule has 0 heterocycles. The van der Waals surface area contributed by atoms with E-state index >= 15 is 0 Å². The van der Waals surface area contributed by atoms with Gasteiger partial charge in [0.25, 0.3) is 0 Å². The summed E-state index contributed by atoms with van der Waals surface area (Å²) in [6.07, 6.45) is -1.83. The van der Waals surface area contributed by atoms with Gasteiger partial charge in [0, 0.05) is 0 Å². The molecule has 4 N–H and O–H groups in total. The summed E-state index contributed by atoms with van der Waals surface area (Å²) in [6.45, 7) is 0. The van der Waals surface area contributed by atoms with Crippen molar-refractivity contribution in [1.82, 2.24) is 0 Å². The van der Waals surface area contributed by atoms with Crippen molar-refractivity contribution in [1.29, 1.82) is 0 Å². The molecule has 4 nitrogen and oxygen atoms in total. The van der Waals surface area contributed by atoms with Gasteiger partial charge >= 0.3 is 32.0 Å². The van der Waals surface area contributed by atoms with Gasteiger partial charge in [0.05, 0.1) is 0 Å². The van der Waals surface area contributed by atoms with Crippen LogP contribution in [0.5, 0.6) is 0 Å². The molecule has 5 heteroatoms. The van der Waals surface area contributed by atoms with Gasteiger partial charge in [-0.05, 0) is 0 Å². The summed E-state index contributed by atoms with van der Waals surface area (Å²) in [7, 11) is 0. The van der Waals surface area contributed by atoms with Crippen LogP contribution in [0.2, 0.25) is 0 Å². The Morgan fingerprint density at radius 2 is 1.33 bits per heavy atom. The first kappa shape index (κ1) is 16.5. The normalized spacial score (nSPS) is 4.00. The molecule has 0 unspecified atom stereocenters. The van der Waals surface area contributed by atoms with Gasteiger partial charge in [0.1, 0.15) is 0 Å². The Morgan fingerprint density at radius 1 is 1.33 bits per heavy atom. The van der Waals surface area contributed by atoms with Crippen LogP contribution in [-0.4, -0.2) is 47.7 Å². The first-order valence-corrected chi connectivity index (χ1v) is 0.651. The van der Waals surface area contributed by atoms with E-state index in [0.29, 0.717) is 0 Å². The Hall–Kier alpha value is 0.100. The average molecular weight is 198 g/mol. The standard InChI is InChI=1S/CH2O3.In.H2O.3H/c2-1(3)4;;;;;/h(H2,2,3,4);;1H2;;;. The average Bonchev–Trinajstić information content (AvgIpc) is 0.811. The summed E-state index contributed by atoms with van der Waals surface area (Å²) in [4.78, 5) is 8.56. The summed E-state index contributed by atoms with van der Waals surface area (Å²) in [6, 6.07) is 0. The second-order valence-corrected chi connectivity index (χ2v) is 0.283. The monoisotopic (exact) mass is 198 g/mol. The van der Waals surface area contributed by atoms with Gasteiger partial charge in [0.2, 0.25) is 0 Å². The molecule has 0 saturated carbocycles. The van der Waals surface area contributed by atoms with Gasteiger partial charge in [-0.25, -0.2) is 4.79 Å². The third-order valence-electron chi connectivity index (χ3n) is 0. The van der Waals surface area contributed by atoms with Crippen LogP contribution >= 0.6 is 0 Å². The Morgan fingerprint density at radius 3 is 1.33 bits per heavy atom.